The number of hydrogen-bond acceptors (Lipinski definition) is 5. The molecule has 128 valence electrons. The van der Waals surface area contributed by atoms with Gasteiger partial charge in [0.05, 0.1) is 5.56 Å². The average molecular weight is 342 g/mol. The number of amides is 1. The van der Waals surface area contributed by atoms with Gasteiger partial charge < -0.3 is 14.3 Å². The maximum absolute atomic E-state index is 13.3. The summed E-state index contributed by atoms with van der Waals surface area (Å²) in [5.41, 5.74) is 1.07. The van der Waals surface area contributed by atoms with Gasteiger partial charge in [-0.2, -0.15) is 0 Å². The zero-order valence-corrected chi connectivity index (χ0v) is 13.6. The van der Waals surface area contributed by atoms with E-state index in [9.17, 15) is 14.0 Å². The fourth-order valence-corrected chi connectivity index (χ4v) is 2.27. The number of nitrogens with one attached hydrogen (secondary N) is 1. The van der Waals surface area contributed by atoms with Crippen LogP contribution in [-0.2, 0) is 11.3 Å². The molecule has 0 aliphatic rings. The van der Waals surface area contributed by atoms with E-state index in [4.69, 9.17) is 4.42 Å². The quantitative estimate of drug-likeness (QED) is 0.786. The topological polar surface area (TPSA) is 90.0 Å². The minimum absolute atomic E-state index is 0.198. The van der Waals surface area contributed by atoms with E-state index in [1.807, 2.05) is 0 Å². The van der Waals surface area contributed by atoms with Gasteiger partial charge >= 0.3 is 0 Å². The summed E-state index contributed by atoms with van der Waals surface area (Å²) in [6, 6.07) is 7.13. The number of carbonyl (C=O) groups is 1. The third kappa shape index (κ3) is 3.79. The number of halogens is 1. The van der Waals surface area contributed by atoms with Gasteiger partial charge in [-0.3, -0.25) is 9.59 Å². The highest BCUT2D eigenvalue weighted by Gasteiger charge is 2.11. The van der Waals surface area contributed by atoms with Gasteiger partial charge in [0.1, 0.15) is 12.4 Å². The van der Waals surface area contributed by atoms with Crippen molar-refractivity contribution in [2.24, 2.45) is 0 Å². The molecule has 0 atom stereocenters. The number of aryl methyl sites for hydroxylation is 2. The summed E-state index contributed by atoms with van der Waals surface area (Å²) in [5, 5.41) is 10.2. The monoisotopic (exact) mass is 342 g/mol. The molecule has 0 bridgehead atoms. The van der Waals surface area contributed by atoms with E-state index in [0.717, 1.165) is 0 Å². The molecule has 0 saturated carbocycles. The number of rotatable bonds is 4. The highest BCUT2D eigenvalue weighted by atomic mass is 19.1. The predicted octanol–water partition coefficient (Wildman–Crippen LogP) is 2.29. The Balaban J connectivity index is 1.78. The third-order valence-corrected chi connectivity index (χ3v) is 3.51. The van der Waals surface area contributed by atoms with E-state index in [1.165, 1.54) is 35.0 Å². The van der Waals surface area contributed by atoms with Gasteiger partial charge in [0.25, 0.3) is 5.56 Å². The lowest BCUT2D eigenvalue weighted by atomic mass is 10.2. The van der Waals surface area contributed by atoms with Gasteiger partial charge in [-0.15, -0.1) is 10.2 Å². The van der Waals surface area contributed by atoms with Crippen molar-refractivity contribution in [1.82, 2.24) is 14.8 Å². The summed E-state index contributed by atoms with van der Waals surface area (Å²) in [7, 11) is 0. The first-order chi connectivity index (χ1) is 11.9. The third-order valence-electron chi connectivity index (χ3n) is 3.51. The van der Waals surface area contributed by atoms with Crippen LogP contribution >= 0.6 is 0 Å². The molecule has 7 nitrogen and oxygen atoms in total. The Hall–Kier alpha value is -3.29. The Kier molecular flexibility index (Phi) is 4.42. The molecule has 2 aromatic heterocycles. The van der Waals surface area contributed by atoms with Crippen molar-refractivity contribution in [3.05, 3.63) is 64.2 Å². The first-order valence-electron chi connectivity index (χ1n) is 7.49. The molecular weight excluding hydrogens is 327 g/mol. The predicted molar refractivity (Wildman–Crippen MR) is 88.5 cm³/mol. The molecule has 2 heterocycles. The van der Waals surface area contributed by atoms with Crippen LogP contribution in [0.5, 0.6) is 0 Å². The van der Waals surface area contributed by atoms with Gasteiger partial charge in [0.15, 0.2) is 0 Å². The Morgan fingerprint density at radius 2 is 2.04 bits per heavy atom. The van der Waals surface area contributed by atoms with Crippen LogP contribution in [0.15, 0.2) is 45.7 Å². The number of pyridine rings is 1. The van der Waals surface area contributed by atoms with Gasteiger partial charge in [0, 0.05) is 24.9 Å². The average Bonchev–Trinajstić information content (AvgIpc) is 2.99. The van der Waals surface area contributed by atoms with Gasteiger partial charge in [-0.1, -0.05) is 0 Å². The zero-order valence-electron chi connectivity index (χ0n) is 13.6. The van der Waals surface area contributed by atoms with Crippen molar-refractivity contribution < 1.29 is 13.6 Å². The van der Waals surface area contributed by atoms with Crippen LogP contribution in [0.3, 0.4) is 0 Å². The molecule has 0 unspecified atom stereocenters. The summed E-state index contributed by atoms with van der Waals surface area (Å²) < 4.78 is 19.8. The number of carbonyl (C=O) groups excluding carboxylic acids is 1. The van der Waals surface area contributed by atoms with E-state index in [0.29, 0.717) is 22.7 Å². The van der Waals surface area contributed by atoms with E-state index in [2.05, 4.69) is 15.5 Å². The van der Waals surface area contributed by atoms with Crippen LogP contribution in [0.2, 0.25) is 0 Å². The molecule has 0 aliphatic heterocycles. The first-order valence-corrected chi connectivity index (χ1v) is 7.49. The fraction of sp³-hybridized carbons (Fsp3) is 0.176. The van der Waals surface area contributed by atoms with Crippen LogP contribution in [0.25, 0.3) is 11.5 Å². The molecule has 3 aromatic rings. The van der Waals surface area contributed by atoms with Crippen molar-refractivity contribution in [2.45, 2.75) is 20.4 Å². The van der Waals surface area contributed by atoms with Gasteiger partial charge in [-0.25, -0.2) is 4.39 Å². The molecule has 1 aromatic carbocycles. The zero-order chi connectivity index (χ0) is 18.0. The Morgan fingerprint density at radius 1 is 1.24 bits per heavy atom. The number of hydrogen-bond donors (Lipinski definition) is 1. The number of nitrogens with zero attached hydrogens (tertiary/aromatic N) is 3. The van der Waals surface area contributed by atoms with Gasteiger partial charge in [-0.05, 0) is 36.8 Å². The summed E-state index contributed by atoms with van der Waals surface area (Å²) >= 11 is 0. The molecule has 25 heavy (non-hydrogen) atoms. The lowest BCUT2D eigenvalue weighted by molar-refractivity contribution is -0.116. The van der Waals surface area contributed by atoms with E-state index in [1.54, 1.807) is 19.9 Å². The van der Waals surface area contributed by atoms with Crippen molar-refractivity contribution in [2.75, 3.05) is 5.32 Å². The molecule has 0 fully saturated rings. The molecule has 0 spiro atoms. The molecule has 0 saturated heterocycles. The second-order valence-corrected chi connectivity index (χ2v) is 5.52. The molecule has 0 aliphatic carbocycles. The minimum Gasteiger partial charge on any atom is -0.421 e. The Bertz CT molecular complexity index is 994. The molecule has 0 radical (unpaired) electrons. The van der Waals surface area contributed by atoms with Crippen LogP contribution in [0.4, 0.5) is 10.1 Å². The van der Waals surface area contributed by atoms with Crippen LogP contribution in [0.1, 0.15) is 11.5 Å². The standard InChI is InChI=1S/C17H15FN4O3/c1-10-7-13(4-5-14(10)18)19-15(23)9-22-8-12(3-6-16(22)24)17-21-20-11(2)25-17/h3-8H,9H2,1-2H3,(H,19,23). The smallest absolute Gasteiger partial charge is 0.251 e. The Morgan fingerprint density at radius 3 is 2.72 bits per heavy atom. The molecule has 3 rings (SSSR count). The van der Waals surface area contributed by atoms with Crippen LogP contribution < -0.4 is 10.9 Å². The van der Waals surface area contributed by atoms with Crippen molar-refractivity contribution >= 4 is 11.6 Å². The van der Waals surface area contributed by atoms with E-state index >= 15 is 0 Å². The second-order valence-electron chi connectivity index (χ2n) is 5.52. The SMILES string of the molecule is Cc1nnc(-c2ccc(=O)n(CC(=O)Nc3ccc(F)c(C)c3)c2)o1. The molecule has 1 amide bonds. The summed E-state index contributed by atoms with van der Waals surface area (Å²) in [4.78, 5) is 24.1. The highest BCUT2D eigenvalue weighted by Crippen LogP contribution is 2.16. The largest absolute Gasteiger partial charge is 0.421 e. The fourth-order valence-electron chi connectivity index (χ4n) is 2.27. The van der Waals surface area contributed by atoms with E-state index in [-0.39, 0.29) is 23.8 Å². The molecular formula is C17H15FN4O3. The van der Waals surface area contributed by atoms with Crippen molar-refractivity contribution in [3.63, 3.8) is 0 Å². The normalized spacial score (nSPS) is 10.7. The highest BCUT2D eigenvalue weighted by molar-refractivity contribution is 5.90. The number of benzene rings is 1. The number of anilines is 1. The van der Waals surface area contributed by atoms with Crippen molar-refractivity contribution in [1.29, 1.82) is 0 Å². The molecule has 1 N–H and O–H groups in total. The summed E-state index contributed by atoms with van der Waals surface area (Å²) in [6.45, 7) is 3.06. The Labute approximate surface area is 142 Å². The summed E-state index contributed by atoms with van der Waals surface area (Å²) in [6.07, 6.45) is 1.48. The van der Waals surface area contributed by atoms with Crippen LogP contribution in [0, 0.1) is 19.7 Å². The first kappa shape index (κ1) is 16.6. The maximum Gasteiger partial charge on any atom is 0.251 e. The summed E-state index contributed by atoms with van der Waals surface area (Å²) in [5.74, 6) is -0.0956. The van der Waals surface area contributed by atoms with E-state index < -0.39 is 5.91 Å². The lowest BCUT2D eigenvalue weighted by Crippen LogP contribution is -2.26. The number of aromatic nitrogens is 3. The molecule has 8 heteroatoms. The van der Waals surface area contributed by atoms with Crippen molar-refractivity contribution in [3.8, 4) is 11.5 Å². The van der Waals surface area contributed by atoms with Crippen LogP contribution in [-0.4, -0.2) is 20.7 Å². The minimum atomic E-state index is -0.410. The lowest BCUT2D eigenvalue weighted by Gasteiger charge is -2.09. The maximum atomic E-state index is 13.3. The van der Waals surface area contributed by atoms with Gasteiger partial charge in [0.2, 0.25) is 17.7 Å². The second kappa shape index (κ2) is 6.68.